The summed E-state index contributed by atoms with van der Waals surface area (Å²) in [5.41, 5.74) is 1.46. The molecule has 0 aliphatic heterocycles. The Morgan fingerprint density at radius 2 is 2.18 bits per heavy atom. The summed E-state index contributed by atoms with van der Waals surface area (Å²) in [6.45, 7) is 1.68. The molecule has 0 saturated carbocycles. The first-order valence-corrected chi connectivity index (χ1v) is 4.95. The second kappa shape index (κ2) is 4.58. The number of rotatable bonds is 2. The van der Waals surface area contributed by atoms with Gasteiger partial charge >= 0.3 is 0 Å². The van der Waals surface area contributed by atoms with Gasteiger partial charge in [0.15, 0.2) is 5.82 Å². The van der Waals surface area contributed by atoms with Gasteiger partial charge in [-0.2, -0.15) is 10.4 Å². The lowest BCUT2D eigenvalue weighted by Crippen LogP contribution is -1.99. The van der Waals surface area contributed by atoms with Crippen LogP contribution in [0.3, 0.4) is 0 Å². The van der Waals surface area contributed by atoms with Crippen molar-refractivity contribution in [3.8, 4) is 6.07 Å². The second-order valence-corrected chi connectivity index (χ2v) is 3.49. The number of hydrogen-bond donors (Lipinski definition) is 1. The van der Waals surface area contributed by atoms with E-state index in [9.17, 15) is 4.39 Å². The summed E-state index contributed by atoms with van der Waals surface area (Å²) >= 11 is 0. The van der Waals surface area contributed by atoms with Crippen LogP contribution in [0.5, 0.6) is 0 Å². The second-order valence-electron chi connectivity index (χ2n) is 3.49. The normalized spacial score (nSPS) is 9.71. The van der Waals surface area contributed by atoms with E-state index in [2.05, 4.69) is 15.5 Å². The van der Waals surface area contributed by atoms with Crippen LogP contribution in [0, 0.1) is 24.1 Å². The standard InChI is InChI=1S/C12H9FN4/c1-8-2-3-10(6-11(8)13)16-12-9(7-14)4-5-15-17-12/h2-6H,1H3,(H,16,17). The fourth-order valence-electron chi connectivity index (χ4n) is 1.32. The van der Waals surface area contributed by atoms with Gasteiger partial charge in [-0.25, -0.2) is 4.39 Å². The highest BCUT2D eigenvalue weighted by Gasteiger charge is 2.05. The Kier molecular flexibility index (Phi) is 2.97. The summed E-state index contributed by atoms with van der Waals surface area (Å²) in [5.74, 6) is 0.00986. The molecule has 0 atom stereocenters. The Morgan fingerprint density at radius 3 is 2.88 bits per heavy atom. The van der Waals surface area contributed by atoms with Crippen molar-refractivity contribution in [1.82, 2.24) is 10.2 Å². The number of aromatic nitrogens is 2. The SMILES string of the molecule is Cc1ccc(Nc2nnccc2C#N)cc1F. The Morgan fingerprint density at radius 1 is 1.35 bits per heavy atom. The molecule has 0 aliphatic rings. The van der Waals surface area contributed by atoms with Crippen LogP contribution in [-0.2, 0) is 0 Å². The lowest BCUT2D eigenvalue weighted by molar-refractivity contribution is 0.619. The van der Waals surface area contributed by atoms with E-state index in [1.54, 1.807) is 25.1 Å². The summed E-state index contributed by atoms with van der Waals surface area (Å²) in [6, 6.07) is 8.25. The largest absolute Gasteiger partial charge is 0.338 e. The van der Waals surface area contributed by atoms with Crippen LogP contribution in [0.4, 0.5) is 15.9 Å². The smallest absolute Gasteiger partial charge is 0.171 e. The number of hydrogen-bond acceptors (Lipinski definition) is 4. The zero-order valence-electron chi connectivity index (χ0n) is 9.11. The van der Waals surface area contributed by atoms with Gasteiger partial charge < -0.3 is 5.32 Å². The molecule has 5 heteroatoms. The Bertz CT molecular complexity index is 589. The van der Waals surface area contributed by atoms with Gasteiger partial charge in [0.2, 0.25) is 0 Å². The number of anilines is 2. The molecular weight excluding hydrogens is 219 g/mol. The molecule has 1 aromatic carbocycles. The number of nitrogens with one attached hydrogen (secondary N) is 1. The van der Waals surface area contributed by atoms with E-state index in [0.717, 1.165) is 0 Å². The molecule has 2 rings (SSSR count). The van der Waals surface area contributed by atoms with Gasteiger partial charge in [-0.3, -0.25) is 0 Å². The van der Waals surface area contributed by atoms with Gasteiger partial charge in [0.1, 0.15) is 11.9 Å². The third-order valence-electron chi connectivity index (χ3n) is 2.28. The average Bonchev–Trinajstić information content (AvgIpc) is 2.34. The van der Waals surface area contributed by atoms with Crippen molar-refractivity contribution in [3.05, 3.63) is 47.4 Å². The number of aryl methyl sites for hydroxylation is 1. The van der Waals surface area contributed by atoms with E-state index in [4.69, 9.17) is 5.26 Å². The topological polar surface area (TPSA) is 61.6 Å². The molecule has 1 heterocycles. The highest BCUT2D eigenvalue weighted by atomic mass is 19.1. The van der Waals surface area contributed by atoms with Crippen molar-refractivity contribution in [2.45, 2.75) is 6.92 Å². The number of nitrogens with zero attached hydrogens (tertiary/aromatic N) is 3. The molecule has 0 bridgehead atoms. The van der Waals surface area contributed by atoms with Crippen molar-refractivity contribution in [3.63, 3.8) is 0 Å². The molecule has 1 aromatic heterocycles. The predicted molar refractivity (Wildman–Crippen MR) is 61.2 cm³/mol. The van der Waals surface area contributed by atoms with Crippen molar-refractivity contribution < 1.29 is 4.39 Å². The highest BCUT2D eigenvalue weighted by molar-refractivity contribution is 5.62. The van der Waals surface area contributed by atoms with Crippen LogP contribution in [0.25, 0.3) is 0 Å². The first kappa shape index (κ1) is 11.0. The number of benzene rings is 1. The summed E-state index contributed by atoms with van der Waals surface area (Å²) in [7, 11) is 0. The molecular formula is C12H9FN4. The van der Waals surface area contributed by atoms with Gasteiger partial charge in [0, 0.05) is 5.69 Å². The van der Waals surface area contributed by atoms with Gasteiger partial charge in [-0.1, -0.05) is 6.07 Å². The Balaban J connectivity index is 2.32. The number of nitriles is 1. The summed E-state index contributed by atoms with van der Waals surface area (Å²) < 4.78 is 13.3. The van der Waals surface area contributed by atoms with E-state index < -0.39 is 0 Å². The van der Waals surface area contributed by atoms with Gasteiger partial charge in [-0.15, -0.1) is 5.10 Å². The number of halogens is 1. The third-order valence-corrected chi connectivity index (χ3v) is 2.28. The third kappa shape index (κ3) is 2.37. The molecule has 0 saturated heterocycles. The zero-order chi connectivity index (χ0) is 12.3. The lowest BCUT2D eigenvalue weighted by atomic mass is 10.2. The molecule has 0 radical (unpaired) electrons. The minimum Gasteiger partial charge on any atom is -0.338 e. The van der Waals surface area contributed by atoms with Crippen molar-refractivity contribution in [2.24, 2.45) is 0 Å². The van der Waals surface area contributed by atoms with Crippen LogP contribution in [0.1, 0.15) is 11.1 Å². The van der Waals surface area contributed by atoms with Crippen molar-refractivity contribution in [1.29, 1.82) is 5.26 Å². The first-order valence-electron chi connectivity index (χ1n) is 4.95. The summed E-state index contributed by atoms with van der Waals surface area (Å²) in [5, 5.41) is 19.2. The molecule has 84 valence electrons. The lowest BCUT2D eigenvalue weighted by Gasteiger charge is -2.06. The zero-order valence-corrected chi connectivity index (χ0v) is 9.11. The molecule has 0 aliphatic carbocycles. The minimum atomic E-state index is -0.308. The fraction of sp³-hybridized carbons (Fsp3) is 0.0833. The van der Waals surface area contributed by atoms with Crippen LogP contribution in [-0.4, -0.2) is 10.2 Å². The molecule has 0 fully saturated rings. The summed E-state index contributed by atoms with van der Waals surface area (Å²) in [4.78, 5) is 0. The maximum absolute atomic E-state index is 13.3. The Labute approximate surface area is 97.7 Å². The van der Waals surface area contributed by atoms with E-state index in [1.807, 2.05) is 6.07 Å². The van der Waals surface area contributed by atoms with Crippen LogP contribution >= 0.6 is 0 Å². The fourth-order valence-corrected chi connectivity index (χ4v) is 1.32. The predicted octanol–water partition coefficient (Wildman–Crippen LogP) is 2.54. The molecule has 0 spiro atoms. The van der Waals surface area contributed by atoms with Crippen LogP contribution in [0.15, 0.2) is 30.5 Å². The average molecular weight is 228 g/mol. The molecule has 2 aromatic rings. The minimum absolute atomic E-state index is 0.308. The quantitative estimate of drug-likeness (QED) is 0.857. The Hall–Kier alpha value is -2.48. The molecule has 1 N–H and O–H groups in total. The molecule has 0 unspecified atom stereocenters. The van der Waals surface area contributed by atoms with E-state index in [0.29, 0.717) is 22.6 Å². The van der Waals surface area contributed by atoms with E-state index >= 15 is 0 Å². The maximum Gasteiger partial charge on any atom is 0.171 e. The first-order chi connectivity index (χ1) is 8.20. The van der Waals surface area contributed by atoms with E-state index in [1.165, 1.54) is 12.3 Å². The van der Waals surface area contributed by atoms with Crippen molar-refractivity contribution >= 4 is 11.5 Å². The monoisotopic (exact) mass is 228 g/mol. The summed E-state index contributed by atoms with van der Waals surface area (Å²) in [6.07, 6.45) is 1.43. The van der Waals surface area contributed by atoms with Crippen LogP contribution < -0.4 is 5.32 Å². The van der Waals surface area contributed by atoms with E-state index in [-0.39, 0.29) is 5.82 Å². The maximum atomic E-state index is 13.3. The van der Waals surface area contributed by atoms with Gasteiger partial charge in [0.25, 0.3) is 0 Å². The van der Waals surface area contributed by atoms with Gasteiger partial charge in [-0.05, 0) is 30.7 Å². The molecule has 17 heavy (non-hydrogen) atoms. The van der Waals surface area contributed by atoms with Gasteiger partial charge in [0.05, 0.1) is 11.8 Å². The highest BCUT2D eigenvalue weighted by Crippen LogP contribution is 2.19. The molecule has 0 amide bonds. The molecule has 4 nitrogen and oxygen atoms in total. The van der Waals surface area contributed by atoms with Crippen LogP contribution in [0.2, 0.25) is 0 Å². The van der Waals surface area contributed by atoms with Crippen molar-refractivity contribution in [2.75, 3.05) is 5.32 Å².